The average molecular weight is 241 g/mol. The number of H-pyrrole nitrogens is 1. The summed E-state index contributed by atoms with van der Waals surface area (Å²) in [5, 5.41) is 11.2. The minimum atomic E-state index is 0.106. The Morgan fingerprint density at radius 1 is 1.33 bits per heavy atom. The fraction of sp³-hybridized carbons (Fsp3) is 0.214. The molecule has 1 unspecified atom stereocenters. The zero-order valence-electron chi connectivity index (χ0n) is 10.4. The molecule has 4 heteroatoms. The second-order valence-electron chi connectivity index (χ2n) is 4.44. The van der Waals surface area contributed by atoms with Crippen LogP contribution in [0.15, 0.2) is 41.1 Å². The van der Waals surface area contributed by atoms with Crippen LogP contribution < -0.4 is 5.32 Å². The lowest BCUT2D eigenvalue weighted by Crippen LogP contribution is -2.05. The molecule has 92 valence electrons. The second kappa shape index (κ2) is 4.22. The smallest absolute Gasteiger partial charge is 0.134 e. The number of aryl methyl sites for hydroxylation is 1. The van der Waals surface area contributed by atoms with Crippen LogP contribution in [0.5, 0.6) is 0 Å². The highest BCUT2D eigenvalue weighted by atomic mass is 16.3. The van der Waals surface area contributed by atoms with Gasteiger partial charge in [0, 0.05) is 17.1 Å². The van der Waals surface area contributed by atoms with Crippen molar-refractivity contribution in [2.24, 2.45) is 0 Å². The Labute approximate surface area is 105 Å². The van der Waals surface area contributed by atoms with Crippen molar-refractivity contribution >= 4 is 16.7 Å². The van der Waals surface area contributed by atoms with Crippen LogP contribution in [0.2, 0.25) is 0 Å². The van der Waals surface area contributed by atoms with Crippen molar-refractivity contribution in [3.8, 4) is 0 Å². The number of nitrogens with one attached hydrogen (secondary N) is 2. The van der Waals surface area contributed by atoms with E-state index >= 15 is 0 Å². The third kappa shape index (κ3) is 1.76. The highest BCUT2D eigenvalue weighted by Gasteiger charge is 2.16. The van der Waals surface area contributed by atoms with Crippen LogP contribution in [0.1, 0.15) is 24.3 Å². The molecule has 0 fully saturated rings. The second-order valence-corrected chi connectivity index (χ2v) is 4.44. The van der Waals surface area contributed by atoms with E-state index in [0.717, 1.165) is 17.0 Å². The number of benzene rings is 1. The summed E-state index contributed by atoms with van der Waals surface area (Å²) in [4.78, 5) is 0. The van der Waals surface area contributed by atoms with Crippen LogP contribution in [0.4, 0.5) is 5.69 Å². The van der Waals surface area contributed by atoms with Crippen molar-refractivity contribution < 1.29 is 4.42 Å². The van der Waals surface area contributed by atoms with E-state index in [1.807, 2.05) is 24.4 Å². The van der Waals surface area contributed by atoms with Gasteiger partial charge in [-0.25, -0.2) is 0 Å². The van der Waals surface area contributed by atoms with Crippen LogP contribution >= 0.6 is 0 Å². The summed E-state index contributed by atoms with van der Waals surface area (Å²) in [7, 11) is 0. The van der Waals surface area contributed by atoms with Crippen molar-refractivity contribution in [2.45, 2.75) is 19.9 Å². The molecular weight excluding hydrogens is 226 g/mol. The van der Waals surface area contributed by atoms with Gasteiger partial charge >= 0.3 is 0 Å². The molecule has 3 aromatic rings. The zero-order chi connectivity index (χ0) is 12.5. The number of anilines is 1. The average Bonchev–Trinajstić information content (AvgIpc) is 2.98. The molecule has 0 amide bonds. The Morgan fingerprint density at radius 3 is 2.89 bits per heavy atom. The van der Waals surface area contributed by atoms with Crippen LogP contribution in [-0.4, -0.2) is 10.2 Å². The van der Waals surface area contributed by atoms with Gasteiger partial charge in [0.1, 0.15) is 11.3 Å². The molecule has 0 bridgehead atoms. The first-order valence-corrected chi connectivity index (χ1v) is 5.99. The maximum Gasteiger partial charge on any atom is 0.134 e. The van der Waals surface area contributed by atoms with Crippen LogP contribution in [0.3, 0.4) is 0 Å². The van der Waals surface area contributed by atoms with Gasteiger partial charge in [-0.2, -0.15) is 5.10 Å². The van der Waals surface area contributed by atoms with Crippen LogP contribution in [-0.2, 0) is 0 Å². The van der Waals surface area contributed by atoms with Gasteiger partial charge in [0.25, 0.3) is 0 Å². The normalized spacial score (nSPS) is 12.8. The van der Waals surface area contributed by atoms with Gasteiger partial charge in [-0.05, 0) is 19.9 Å². The first-order chi connectivity index (χ1) is 8.75. The molecule has 0 spiro atoms. The maximum absolute atomic E-state index is 5.92. The quantitative estimate of drug-likeness (QED) is 0.736. The van der Waals surface area contributed by atoms with E-state index in [-0.39, 0.29) is 6.04 Å². The van der Waals surface area contributed by atoms with Crippen molar-refractivity contribution in [2.75, 3.05) is 5.32 Å². The molecule has 0 saturated carbocycles. The molecule has 0 radical (unpaired) electrons. The Bertz CT molecular complexity index is 655. The summed E-state index contributed by atoms with van der Waals surface area (Å²) in [6.45, 7) is 4.17. The molecule has 0 aliphatic rings. The van der Waals surface area contributed by atoms with Gasteiger partial charge in [0.2, 0.25) is 0 Å². The van der Waals surface area contributed by atoms with E-state index in [1.165, 1.54) is 10.9 Å². The molecule has 0 aliphatic carbocycles. The molecule has 3 rings (SSSR count). The van der Waals surface area contributed by atoms with Crippen molar-refractivity contribution in [3.05, 3.63) is 48.0 Å². The molecule has 2 N–H and O–H groups in total. The monoisotopic (exact) mass is 241 g/mol. The van der Waals surface area contributed by atoms with Crippen LogP contribution in [0, 0.1) is 6.92 Å². The lowest BCUT2D eigenvalue weighted by atomic mass is 10.1. The predicted molar refractivity (Wildman–Crippen MR) is 71.6 cm³/mol. The van der Waals surface area contributed by atoms with Gasteiger partial charge in [0.15, 0.2) is 0 Å². The molecule has 4 nitrogen and oxygen atoms in total. The van der Waals surface area contributed by atoms with E-state index in [4.69, 9.17) is 4.42 Å². The highest BCUT2D eigenvalue weighted by molar-refractivity contribution is 5.82. The number of aromatic amines is 1. The maximum atomic E-state index is 5.92. The van der Waals surface area contributed by atoms with E-state index in [0.29, 0.717) is 0 Å². The molecule has 1 atom stereocenters. The van der Waals surface area contributed by atoms with Gasteiger partial charge in [-0.3, -0.25) is 5.10 Å². The fourth-order valence-corrected chi connectivity index (χ4v) is 2.25. The topological polar surface area (TPSA) is 53.9 Å². The third-order valence-electron chi connectivity index (χ3n) is 3.16. The van der Waals surface area contributed by atoms with Gasteiger partial charge in [-0.1, -0.05) is 18.2 Å². The van der Waals surface area contributed by atoms with E-state index in [9.17, 15) is 0 Å². The standard InChI is InChI=1S/C14H15N3O/c1-9-12-5-3-4-6-13(12)18-14(9)10(2)17-11-7-15-16-8-11/h3-8,10,17H,1-2H3,(H,15,16). The zero-order valence-corrected chi connectivity index (χ0v) is 10.4. The Kier molecular flexibility index (Phi) is 2.55. The lowest BCUT2D eigenvalue weighted by molar-refractivity contribution is 0.522. The third-order valence-corrected chi connectivity index (χ3v) is 3.16. The summed E-state index contributed by atoms with van der Waals surface area (Å²) >= 11 is 0. The largest absolute Gasteiger partial charge is 0.459 e. The minimum Gasteiger partial charge on any atom is -0.459 e. The Morgan fingerprint density at radius 2 is 2.17 bits per heavy atom. The molecule has 0 saturated heterocycles. The summed E-state index contributed by atoms with van der Waals surface area (Å²) in [6.07, 6.45) is 3.59. The molecule has 2 aromatic heterocycles. The first-order valence-electron chi connectivity index (χ1n) is 5.99. The lowest BCUT2D eigenvalue weighted by Gasteiger charge is -2.11. The summed E-state index contributed by atoms with van der Waals surface area (Å²) in [5.41, 5.74) is 3.09. The van der Waals surface area contributed by atoms with Gasteiger partial charge in [-0.15, -0.1) is 0 Å². The number of hydrogen-bond donors (Lipinski definition) is 2. The predicted octanol–water partition coefficient (Wildman–Crippen LogP) is 3.64. The summed E-state index contributed by atoms with van der Waals surface area (Å²) in [6, 6.07) is 8.21. The Balaban J connectivity index is 1.96. The van der Waals surface area contributed by atoms with Gasteiger partial charge in [0.05, 0.1) is 17.9 Å². The number of para-hydroxylation sites is 1. The van der Waals surface area contributed by atoms with Crippen molar-refractivity contribution in [3.63, 3.8) is 0 Å². The molecule has 1 aromatic carbocycles. The van der Waals surface area contributed by atoms with E-state index < -0.39 is 0 Å². The number of furan rings is 1. The molecule has 18 heavy (non-hydrogen) atoms. The number of aromatic nitrogens is 2. The minimum absolute atomic E-state index is 0.106. The molecule has 2 heterocycles. The number of hydrogen-bond acceptors (Lipinski definition) is 3. The highest BCUT2D eigenvalue weighted by Crippen LogP contribution is 2.30. The first kappa shape index (κ1) is 10.9. The number of rotatable bonds is 3. The fourth-order valence-electron chi connectivity index (χ4n) is 2.25. The summed E-state index contributed by atoms with van der Waals surface area (Å²) < 4.78 is 5.92. The van der Waals surface area contributed by atoms with Gasteiger partial charge < -0.3 is 9.73 Å². The SMILES string of the molecule is Cc1c(C(C)Nc2cn[nH]c2)oc2ccccc12. The molecular formula is C14H15N3O. The van der Waals surface area contributed by atoms with Crippen molar-refractivity contribution in [1.29, 1.82) is 0 Å². The number of nitrogens with zero attached hydrogens (tertiary/aromatic N) is 1. The summed E-state index contributed by atoms with van der Waals surface area (Å²) in [5.74, 6) is 0.970. The van der Waals surface area contributed by atoms with Crippen molar-refractivity contribution in [1.82, 2.24) is 10.2 Å². The van der Waals surface area contributed by atoms with E-state index in [2.05, 4.69) is 35.4 Å². The number of fused-ring (bicyclic) bond motifs is 1. The van der Waals surface area contributed by atoms with E-state index in [1.54, 1.807) is 6.20 Å². The Hall–Kier alpha value is -2.23. The molecule has 0 aliphatic heterocycles. The van der Waals surface area contributed by atoms with Crippen LogP contribution in [0.25, 0.3) is 11.0 Å².